The number of thiophene rings is 1. The van der Waals surface area contributed by atoms with E-state index in [1.165, 1.54) is 81.4 Å². The van der Waals surface area contributed by atoms with Crippen molar-refractivity contribution in [2.75, 3.05) is 10.2 Å². The third kappa shape index (κ3) is 4.92. The molecular weight excluding hydrogens is 649 g/mol. The highest BCUT2D eigenvalue weighted by atomic mass is 32.1. The van der Waals surface area contributed by atoms with Gasteiger partial charge in [0.2, 0.25) is 0 Å². The molecule has 52 heavy (non-hydrogen) atoms. The van der Waals surface area contributed by atoms with Gasteiger partial charge in [-0.3, -0.25) is 0 Å². The topological polar surface area (TPSA) is 15.3 Å². The van der Waals surface area contributed by atoms with Crippen molar-refractivity contribution in [3.8, 4) is 22.3 Å². The van der Waals surface area contributed by atoms with Crippen molar-refractivity contribution in [1.82, 2.24) is 0 Å². The molecule has 10 rings (SSSR count). The maximum absolute atomic E-state index is 3.87. The summed E-state index contributed by atoms with van der Waals surface area (Å²) in [6.45, 7) is 4.73. The minimum absolute atomic E-state index is 0.192. The number of hydrogen-bond donors (Lipinski definition) is 1. The molecule has 1 N–H and O–H groups in total. The molecular formula is C49H36N2S. The van der Waals surface area contributed by atoms with E-state index >= 15 is 0 Å². The molecule has 0 amide bonds. The number of nitrogens with one attached hydrogen (secondary N) is 1. The van der Waals surface area contributed by atoms with Gasteiger partial charge in [-0.15, -0.1) is 11.3 Å². The quantitative estimate of drug-likeness (QED) is 0.194. The lowest BCUT2D eigenvalue weighted by Crippen LogP contribution is -2.30. The summed E-state index contributed by atoms with van der Waals surface area (Å²) in [6.07, 6.45) is 0. The molecule has 0 aliphatic carbocycles. The Hall–Kier alpha value is -6.16. The molecule has 1 aromatic heterocycles. The number of hydrogen-bond acceptors (Lipinski definition) is 3. The number of fused-ring (bicyclic) bond motifs is 6. The van der Waals surface area contributed by atoms with Gasteiger partial charge in [0.15, 0.2) is 0 Å². The van der Waals surface area contributed by atoms with Crippen LogP contribution in [0, 0.1) is 0 Å². The van der Waals surface area contributed by atoms with Gasteiger partial charge in [-0.1, -0.05) is 135 Å². The van der Waals surface area contributed by atoms with Gasteiger partial charge in [0.1, 0.15) is 0 Å². The fourth-order valence-electron chi connectivity index (χ4n) is 8.16. The first kappa shape index (κ1) is 30.6. The second kappa shape index (κ2) is 12.0. The smallest absolute Gasteiger partial charge is 0.0590 e. The first-order chi connectivity index (χ1) is 25.5. The molecule has 0 spiro atoms. The highest BCUT2D eigenvalue weighted by molar-refractivity contribution is 7.26. The van der Waals surface area contributed by atoms with Crippen LogP contribution in [0.25, 0.3) is 53.2 Å². The molecule has 2 heterocycles. The van der Waals surface area contributed by atoms with Crippen molar-refractivity contribution in [3.05, 3.63) is 187 Å². The van der Waals surface area contributed by atoms with E-state index in [1.54, 1.807) is 0 Å². The third-order valence-corrected chi connectivity index (χ3v) is 12.1. The highest BCUT2D eigenvalue weighted by Gasteiger charge is 2.37. The lowest BCUT2D eigenvalue weighted by Gasteiger charge is -2.42. The molecule has 8 aromatic carbocycles. The summed E-state index contributed by atoms with van der Waals surface area (Å²) < 4.78 is 2.59. The summed E-state index contributed by atoms with van der Waals surface area (Å²) >= 11 is 1.85. The zero-order valence-electron chi connectivity index (χ0n) is 29.1. The van der Waals surface area contributed by atoms with Crippen LogP contribution in [0.5, 0.6) is 0 Å². The highest BCUT2D eigenvalue weighted by Crippen LogP contribution is 2.53. The van der Waals surface area contributed by atoms with Crippen LogP contribution in [-0.4, -0.2) is 0 Å². The van der Waals surface area contributed by atoms with Gasteiger partial charge in [-0.2, -0.15) is 0 Å². The van der Waals surface area contributed by atoms with Gasteiger partial charge in [0.05, 0.1) is 21.8 Å². The van der Waals surface area contributed by atoms with Gasteiger partial charge in [0.25, 0.3) is 0 Å². The van der Waals surface area contributed by atoms with Crippen LogP contribution in [0.2, 0.25) is 0 Å². The van der Waals surface area contributed by atoms with E-state index in [1.807, 2.05) is 11.3 Å². The number of benzene rings is 8. The summed E-state index contributed by atoms with van der Waals surface area (Å²) in [7, 11) is 0. The fourth-order valence-corrected chi connectivity index (χ4v) is 9.33. The predicted octanol–water partition coefficient (Wildman–Crippen LogP) is 14.4. The average Bonchev–Trinajstić information content (AvgIpc) is 3.58. The Morgan fingerprint density at radius 3 is 2.10 bits per heavy atom. The van der Waals surface area contributed by atoms with E-state index in [0.29, 0.717) is 0 Å². The average molecular weight is 685 g/mol. The molecule has 0 saturated carbocycles. The zero-order chi connectivity index (χ0) is 34.8. The molecule has 1 aliphatic rings. The molecule has 1 aliphatic heterocycles. The molecule has 0 unspecified atom stereocenters. The Kier molecular flexibility index (Phi) is 7.06. The van der Waals surface area contributed by atoms with Crippen LogP contribution in [0.4, 0.5) is 28.4 Å². The molecule has 0 bridgehead atoms. The fraction of sp³-hybridized carbons (Fsp3) is 0.0612. The van der Waals surface area contributed by atoms with E-state index in [9.17, 15) is 0 Å². The monoisotopic (exact) mass is 684 g/mol. The number of para-hydroxylation sites is 1. The van der Waals surface area contributed by atoms with Crippen molar-refractivity contribution in [2.45, 2.75) is 19.3 Å². The summed E-state index contributed by atoms with van der Waals surface area (Å²) in [5, 5.41) is 8.96. The maximum Gasteiger partial charge on any atom is 0.0590 e. The van der Waals surface area contributed by atoms with E-state index < -0.39 is 0 Å². The lowest BCUT2D eigenvalue weighted by molar-refractivity contribution is 0.632. The second-order valence-electron chi connectivity index (χ2n) is 14.3. The van der Waals surface area contributed by atoms with Gasteiger partial charge < -0.3 is 10.2 Å². The number of anilines is 5. The maximum atomic E-state index is 3.87. The van der Waals surface area contributed by atoms with Crippen molar-refractivity contribution >= 4 is 70.7 Å². The van der Waals surface area contributed by atoms with E-state index in [-0.39, 0.29) is 5.41 Å². The SMILES string of the molecule is CC1(C)c2ccccc2N(c2ccc3ccccc3c2)c2ccc(-c3ccc(Nc4cccc5c4sc4ccccc45)c(-c4ccccc4)c3)cc21. The standard InChI is InChI=1S/C49H36N2S/c1-49(2)41-19-9-10-21-45(41)51(37-26-23-32-13-6-7-16-34(32)29-37)46-28-25-36(31-42(46)49)35-24-27-43(40(30-35)33-14-4-3-5-15-33)50-44-20-12-18-39-38-17-8-11-22-47(38)52-48(39)44/h3-31,50H,1-2H3. The van der Waals surface area contributed by atoms with E-state index in [2.05, 4.69) is 200 Å². The van der Waals surface area contributed by atoms with Crippen LogP contribution >= 0.6 is 11.3 Å². The van der Waals surface area contributed by atoms with Crippen molar-refractivity contribution < 1.29 is 0 Å². The summed E-state index contributed by atoms with van der Waals surface area (Å²) in [6, 6.07) is 64.3. The van der Waals surface area contributed by atoms with Gasteiger partial charge in [-0.05, 0) is 93.2 Å². The molecule has 9 aromatic rings. The minimum atomic E-state index is -0.192. The van der Waals surface area contributed by atoms with E-state index in [0.717, 1.165) is 11.4 Å². The molecule has 2 nitrogen and oxygen atoms in total. The Balaban J connectivity index is 1.10. The third-order valence-electron chi connectivity index (χ3n) is 10.8. The molecule has 0 atom stereocenters. The first-order valence-corrected chi connectivity index (χ1v) is 18.7. The van der Waals surface area contributed by atoms with Crippen LogP contribution < -0.4 is 10.2 Å². The summed E-state index contributed by atoms with van der Waals surface area (Å²) in [4.78, 5) is 2.45. The predicted molar refractivity (Wildman–Crippen MR) is 224 cm³/mol. The Bertz CT molecular complexity index is 2810. The Morgan fingerprint density at radius 2 is 1.19 bits per heavy atom. The van der Waals surface area contributed by atoms with Gasteiger partial charge >= 0.3 is 0 Å². The van der Waals surface area contributed by atoms with Crippen molar-refractivity contribution in [2.24, 2.45) is 0 Å². The molecule has 0 radical (unpaired) electrons. The van der Waals surface area contributed by atoms with Gasteiger partial charge in [0, 0.05) is 37.8 Å². The van der Waals surface area contributed by atoms with Crippen LogP contribution in [-0.2, 0) is 5.41 Å². The number of nitrogens with zero attached hydrogens (tertiary/aromatic N) is 1. The second-order valence-corrected chi connectivity index (χ2v) is 15.3. The van der Waals surface area contributed by atoms with Crippen LogP contribution in [0.3, 0.4) is 0 Å². The Morgan fingerprint density at radius 1 is 0.481 bits per heavy atom. The molecule has 0 saturated heterocycles. The minimum Gasteiger partial charge on any atom is -0.354 e. The molecule has 0 fully saturated rings. The van der Waals surface area contributed by atoms with E-state index in [4.69, 9.17) is 0 Å². The number of rotatable bonds is 5. The normalized spacial score (nSPS) is 13.3. The van der Waals surface area contributed by atoms with Gasteiger partial charge in [-0.25, -0.2) is 0 Å². The lowest BCUT2D eigenvalue weighted by atomic mass is 9.73. The summed E-state index contributed by atoms with van der Waals surface area (Å²) in [5.41, 5.74) is 13.1. The Labute approximate surface area is 308 Å². The van der Waals surface area contributed by atoms with Crippen molar-refractivity contribution in [1.29, 1.82) is 0 Å². The van der Waals surface area contributed by atoms with Crippen LogP contribution in [0.15, 0.2) is 176 Å². The van der Waals surface area contributed by atoms with Crippen LogP contribution in [0.1, 0.15) is 25.0 Å². The summed E-state index contributed by atoms with van der Waals surface area (Å²) in [5.74, 6) is 0. The largest absolute Gasteiger partial charge is 0.354 e. The molecule has 3 heteroatoms. The zero-order valence-corrected chi connectivity index (χ0v) is 29.9. The molecule has 248 valence electrons. The van der Waals surface area contributed by atoms with Crippen molar-refractivity contribution in [3.63, 3.8) is 0 Å². The first-order valence-electron chi connectivity index (χ1n) is 17.9.